The van der Waals surface area contributed by atoms with Crippen LogP contribution in [0.25, 0.3) is 86.2 Å². The predicted octanol–water partition coefficient (Wildman–Crippen LogP) is 10.9. The Kier molecular flexibility index (Phi) is 9.61. The first-order valence-electron chi connectivity index (χ1n) is 22.5. The molecule has 2 aliphatic rings. The van der Waals surface area contributed by atoms with Crippen molar-refractivity contribution in [1.82, 2.24) is 9.80 Å². The first-order valence-corrected chi connectivity index (χ1v) is 26.4. The molecule has 332 valence electrons. The van der Waals surface area contributed by atoms with Gasteiger partial charge < -0.3 is 21.8 Å². The molecule has 2 aliphatic heterocycles. The van der Waals surface area contributed by atoms with Crippen LogP contribution in [-0.2, 0) is 21.8 Å². The highest BCUT2D eigenvalue weighted by atomic mass is 28.5. The molecule has 12 rings (SSSR count). The molecule has 0 radical (unpaired) electrons. The summed E-state index contributed by atoms with van der Waals surface area (Å²) >= 11 is 0. The molecule has 0 aromatic heterocycles. The summed E-state index contributed by atoms with van der Waals surface area (Å²) in [6.07, 6.45) is 0.637. The second kappa shape index (κ2) is 15.4. The van der Waals surface area contributed by atoms with Crippen molar-refractivity contribution in [3.63, 3.8) is 0 Å². The van der Waals surface area contributed by atoms with E-state index in [1.165, 1.54) is 49.0 Å². The van der Waals surface area contributed by atoms with Crippen molar-refractivity contribution in [2.75, 3.05) is 41.5 Å². The van der Waals surface area contributed by atoms with Crippen LogP contribution in [0.3, 0.4) is 0 Å². The van der Waals surface area contributed by atoms with Crippen LogP contribution in [0.15, 0.2) is 121 Å². The predicted molar refractivity (Wildman–Crippen MR) is 266 cm³/mol. The van der Waals surface area contributed by atoms with Crippen molar-refractivity contribution < 1.29 is 41.0 Å². The molecule has 2 heterocycles. The fraction of sp³-hybridized carbons (Fsp3) is 0.185. The van der Waals surface area contributed by atoms with Crippen LogP contribution in [0.1, 0.15) is 54.3 Å². The summed E-state index contributed by atoms with van der Waals surface area (Å²) in [4.78, 5) is 59.7. The second-order valence-electron chi connectivity index (χ2n) is 17.6. The average molecular weight is 921 g/mol. The number of benzene rings is 10. The largest absolute Gasteiger partial charge is 0.493 e. The lowest BCUT2D eigenvalue weighted by Gasteiger charge is -2.36. The van der Waals surface area contributed by atoms with Gasteiger partial charge in [-0.15, -0.1) is 0 Å². The molecule has 0 aliphatic carbocycles. The smallest absolute Gasteiger partial charge is 0.377 e. The van der Waals surface area contributed by atoms with Gasteiger partial charge in [0.25, 0.3) is 23.6 Å². The summed E-state index contributed by atoms with van der Waals surface area (Å²) in [6.45, 7) is 0.199. The van der Waals surface area contributed by atoms with Gasteiger partial charge >= 0.3 is 17.6 Å². The van der Waals surface area contributed by atoms with Gasteiger partial charge in [-0.05, 0) is 113 Å². The fourth-order valence-corrected chi connectivity index (χ4v) is 17.7. The van der Waals surface area contributed by atoms with E-state index in [-0.39, 0.29) is 48.8 Å². The molecule has 0 N–H and O–H groups in total. The van der Waals surface area contributed by atoms with Crippen molar-refractivity contribution in [2.45, 2.75) is 24.9 Å². The topological polar surface area (TPSA) is 121 Å². The monoisotopic (exact) mass is 920 g/mol. The van der Waals surface area contributed by atoms with E-state index in [9.17, 15) is 19.2 Å². The number of hydrogen-bond donors (Lipinski definition) is 0. The lowest BCUT2D eigenvalue weighted by molar-refractivity contribution is 0.0594. The van der Waals surface area contributed by atoms with Crippen LogP contribution >= 0.6 is 0 Å². The summed E-state index contributed by atoms with van der Waals surface area (Å²) in [6, 6.07) is 40.9. The minimum atomic E-state index is -3.57. The van der Waals surface area contributed by atoms with Crippen LogP contribution in [0.2, 0.25) is 12.1 Å². The van der Waals surface area contributed by atoms with Crippen molar-refractivity contribution in [2.24, 2.45) is 0 Å². The van der Waals surface area contributed by atoms with Gasteiger partial charge in [0.05, 0.1) is 0 Å². The summed E-state index contributed by atoms with van der Waals surface area (Å²) in [5.41, 5.74) is 1.96. The Morgan fingerprint density at radius 1 is 0.358 bits per heavy atom. The van der Waals surface area contributed by atoms with Crippen molar-refractivity contribution in [3.05, 3.63) is 144 Å². The quantitative estimate of drug-likeness (QED) is 0.0454. The Balaban J connectivity index is 0.765. The molecule has 0 fully saturated rings. The van der Waals surface area contributed by atoms with Gasteiger partial charge in [0.1, 0.15) is 0 Å². The molecule has 11 nitrogen and oxygen atoms in total. The molecule has 10 aromatic carbocycles. The summed E-state index contributed by atoms with van der Waals surface area (Å²) in [7, 11) is -1.13. The van der Waals surface area contributed by atoms with Crippen LogP contribution in [0.4, 0.5) is 0 Å². The molecule has 0 atom stereocenters. The minimum Gasteiger partial charge on any atom is -0.377 e. The van der Waals surface area contributed by atoms with Gasteiger partial charge in [-0.3, -0.25) is 29.0 Å². The highest BCUT2D eigenvalue weighted by Crippen LogP contribution is 2.46. The molecule has 0 saturated carbocycles. The van der Waals surface area contributed by atoms with Gasteiger partial charge in [0.2, 0.25) is 0 Å². The second-order valence-corrected chi connectivity index (χ2v) is 23.8. The van der Waals surface area contributed by atoms with Gasteiger partial charge in [-0.1, -0.05) is 97.1 Å². The first-order chi connectivity index (χ1) is 32.6. The number of nitrogens with zero attached hydrogens (tertiary/aromatic N) is 2. The van der Waals surface area contributed by atoms with Crippen molar-refractivity contribution >= 4 is 127 Å². The van der Waals surface area contributed by atoms with Gasteiger partial charge in [0, 0.05) is 86.6 Å². The van der Waals surface area contributed by atoms with Gasteiger partial charge in [-0.2, -0.15) is 0 Å². The van der Waals surface area contributed by atoms with E-state index in [1.54, 1.807) is 0 Å². The standard InChI is InChI=1S/C54H44N2O9Si2/c1-61-66(62-2,29-9-27-55-51(57)41-23-19-37-33-15-5-11-31-12-6-16-34(45(31)33)38-20-24-42(52(55)58)49(41)47(37)38)65-67(63-3,64-4)30-10-28-56-53(59)43-25-21-39-35-17-7-13-32-14-8-18-36(46(32)35)40-22-26-44(54(56)60)50(43)48(39)40/h5-8,11-26H,9-10,27-30H2,1-4H3. The van der Waals surface area contributed by atoms with E-state index in [0.29, 0.717) is 45.9 Å². The highest BCUT2D eigenvalue weighted by Gasteiger charge is 2.52. The van der Waals surface area contributed by atoms with Crippen LogP contribution in [0, 0.1) is 0 Å². The van der Waals surface area contributed by atoms with E-state index in [2.05, 4.69) is 48.5 Å². The highest BCUT2D eigenvalue weighted by molar-refractivity contribution is 6.75. The van der Waals surface area contributed by atoms with E-state index < -0.39 is 17.6 Å². The number of carbonyl (C=O) groups is 4. The maximum Gasteiger partial charge on any atom is 0.493 e. The third-order valence-corrected chi connectivity index (χ3v) is 21.4. The van der Waals surface area contributed by atoms with E-state index in [4.69, 9.17) is 21.8 Å². The fourth-order valence-electron chi connectivity index (χ4n) is 11.3. The summed E-state index contributed by atoms with van der Waals surface area (Å²) < 4.78 is 30.8. The first kappa shape index (κ1) is 41.7. The Hall–Kier alpha value is -6.69. The SMILES string of the molecule is CO[Si](CCCN1C(=O)c2ccc3c4cccc5cccc(c6ccc(c2c36)C1=O)c54)(OC)O[Si](CCCN1C(=O)c2ccc3c4cccc5cccc(c6ccc(c2c36)C1=O)c54)(OC)OC. The number of carbonyl (C=O) groups excluding carboxylic acids is 4. The summed E-state index contributed by atoms with van der Waals surface area (Å²) in [5.74, 6) is -1.42. The molecular weight excluding hydrogens is 877 g/mol. The van der Waals surface area contributed by atoms with Gasteiger partial charge in [-0.25, -0.2) is 0 Å². The molecule has 67 heavy (non-hydrogen) atoms. The van der Waals surface area contributed by atoms with Crippen molar-refractivity contribution in [1.29, 1.82) is 0 Å². The zero-order chi connectivity index (χ0) is 45.9. The van der Waals surface area contributed by atoms with Crippen LogP contribution in [-0.4, -0.2) is 92.6 Å². The van der Waals surface area contributed by atoms with Crippen molar-refractivity contribution in [3.8, 4) is 0 Å². The van der Waals surface area contributed by atoms with Gasteiger partial charge in [0.15, 0.2) is 0 Å². The maximum absolute atomic E-state index is 14.3. The number of fused-ring (bicyclic) bond motifs is 4. The molecule has 0 bridgehead atoms. The van der Waals surface area contributed by atoms with E-state index in [0.717, 1.165) is 64.6 Å². The Morgan fingerprint density at radius 2 is 0.642 bits per heavy atom. The number of imide groups is 2. The van der Waals surface area contributed by atoms with Crippen LogP contribution < -0.4 is 0 Å². The molecule has 0 saturated heterocycles. The zero-order valence-electron chi connectivity index (χ0n) is 37.4. The maximum atomic E-state index is 14.3. The molecule has 13 heteroatoms. The summed E-state index contributed by atoms with van der Waals surface area (Å²) in [5, 5.41) is 16.2. The lowest BCUT2D eigenvalue weighted by Crippen LogP contribution is -2.57. The molecule has 4 amide bonds. The number of rotatable bonds is 14. The third kappa shape index (κ3) is 5.93. The third-order valence-electron chi connectivity index (χ3n) is 14.5. The van der Waals surface area contributed by atoms with Crippen LogP contribution in [0.5, 0.6) is 0 Å². The molecule has 0 spiro atoms. The molecule has 0 unspecified atom stereocenters. The number of hydrogen-bond acceptors (Lipinski definition) is 9. The van der Waals surface area contributed by atoms with E-state index >= 15 is 0 Å². The zero-order valence-corrected chi connectivity index (χ0v) is 39.4. The number of amides is 4. The lowest BCUT2D eigenvalue weighted by atomic mass is 9.85. The normalized spacial score (nSPS) is 14.7. The van der Waals surface area contributed by atoms with E-state index in [1.807, 2.05) is 72.8 Å². The minimum absolute atomic E-state index is 0.0994. The Morgan fingerprint density at radius 3 is 0.925 bits per heavy atom. The Labute approximate surface area is 386 Å². The molecule has 10 aromatic rings. The molecular formula is C54H44N2O9Si2. The average Bonchev–Trinajstić information content (AvgIpc) is 3.37. The Bertz CT molecular complexity index is 3310.